The van der Waals surface area contributed by atoms with Crippen molar-refractivity contribution in [2.45, 2.75) is 58.8 Å². The molecule has 0 N–H and O–H groups in total. The van der Waals surface area contributed by atoms with Gasteiger partial charge in [-0.1, -0.05) is 40.2 Å². The maximum absolute atomic E-state index is 14.3. The topological polar surface area (TPSA) is 0 Å². The molecule has 0 saturated heterocycles. The Morgan fingerprint density at radius 2 is 1.65 bits per heavy atom. The summed E-state index contributed by atoms with van der Waals surface area (Å²) in [6.45, 7) is 8.07. The van der Waals surface area contributed by atoms with Gasteiger partial charge in [-0.25, -0.2) is 8.78 Å². The number of halogens is 2. The predicted molar refractivity (Wildman–Crippen MR) is 68.3 cm³/mol. The van der Waals surface area contributed by atoms with Crippen molar-refractivity contribution in [1.29, 1.82) is 0 Å². The van der Waals surface area contributed by atoms with E-state index in [4.69, 9.17) is 0 Å². The zero-order chi connectivity index (χ0) is 13.1. The predicted octanol–water partition coefficient (Wildman–Crippen LogP) is 5.00. The quantitative estimate of drug-likeness (QED) is 0.679. The monoisotopic (exact) mass is 240 g/mol. The number of benzene rings is 1. The van der Waals surface area contributed by atoms with Gasteiger partial charge < -0.3 is 0 Å². The summed E-state index contributed by atoms with van der Waals surface area (Å²) in [7, 11) is 0. The summed E-state index contributed by atoms with van der Waals surface area (Å²) in [5.41, 5.74) is 0.714. The molecule has 1 rings (SSSR count). The molecule has 0 nitrogen and oxygen atoms in total. The lowest BCUT2D eigenvalue weighted by Gasteiger charge is -2.28. The van der Waals surface area contributed by atoms with Crippen molar-refractivity contribution in [3.63, 3.8) is 0 Å². The molecule has 0 atom stereocenters. The fraction of sp³-hybridized carbons (Fsp3) is 0.600. The Morgan fingerprint density at radius 3 is 2.12 bits per heavy atom. The van der Waals surface area contributed by atoms with Gasteiger partial charge in [0.05, 0.1) is 0 Å². The van der Waals surface area contributed by atoms with Crippen molar-refractivity contribution in [2.75, 3.05) is 0 Å². The molecule has 96 valence electrons. The van der Waals surface area contributed by atoms with Gasteiger partial charge in [0, 0.05) is 5.56 Å². The third-order valence-corrected chi connectivity index (χ3v) is 3.90. The van der Waals surface area contributed by atoms with Gasteiger partial charge in [0.25, 0.3) is 0 Å². The largest absolute Gasteiger partial charge is 0.207 e. The van der Waals surface area contributed by atoms with E-state index in [9.17, 15) is 8.78 Å². The van der Waals surface area contributed by atoms with Gasteiger partial charge in [-0.2, -0.15) is 0 Å². The average molecular weight is 240 g/mol. The van der Waals surface area contributed by atoms with Crippen molar-refractivity contribution in [2.24, 2.45) is 0 Å². The average Bonchev–Trinajstić information content (AvgIpc) is 2.33. The molecule has 1 aromatic rings. The van der Waals surface area contributed by atoms with Crippen molar-refractivity contribution in [3.05, 3.63) is 34.9 Å². The first-order chi connectivity index (χ1) is 8.00. The van der Waals surface area contributed by atoms with E-state index in [0.717, 1.165) is 19.3 Å². The number of hydrogen-bond acceptors (Lipinski definition) is 0. The Balaban J connectivity index is 3.31. The molecule has 0 aliphatic carbocycles. The SMILES string of the molecule is CCCc1c(F)ccc(C(C)(CC)CC)c1F. The van der Waals surface area contributed by atoms with Gasteiger partial charge >= 0.3 is 0 Å². The van der Waals surface area contributed by atoms with Gasteiger partial charge in [-0.15, -0.1) is 0 Å². The van der Waals surface area contributed by atoms with E-state index in [2.05, 4.69) is 0 Å². The minimum Gasteiger partial charge on any atom is -0.207 e. The van der Waals surface area contributed by atoms with E-state index in [1.807, 2.05) is 27.7 Å². The fourth-order valence-electron chi connectivity index (χ4n) is 2.17. The summed E-state index contributed by atoms with van der Waals surface area (Å²) in [5.74, 6) is -0.749. The van der Waals surface area contributed by atoms with E-state index in [1.165, 1.54) is 6.07 Å². The van der Waals surface area contributed by atoms with Crippen molar-refractivity contribution < 1.29 is 8.78 Å². The molecule has 0 fully saturated rings. The number of hydrogen-bond donors (Lipinski definition) is 0. The van der Waals surface area contributed by atoms with Crippen LogP contribution in [-0.2, 0) is 11.8 Å². The molecule has 0 aliphatic rings. The Kier molecular flexibility index (Phi) is 4.67. The van der Waals surface area contributed by atoms with E-state index in [1.54, 1.807) is 6.07 Å². The molecule has 0 spiro atoms. The van der Waals surface area contributed by atoms with Crippen LogP contribution in [0.1, 0.15) is 58.1 Å². The van der Waals surface area contributed by atoms with Crippen LogP contribution in [0, 0.1) is 11.6 Å². The van der Waals surface area contributed by atoms with Crippen LogP contribution in [0.4, 0.5) is 8.78 Å². The Hall–Kier alpha value is -0.920. The standard InChI is InChI=1S/C15H22F2/c1-5-8-11-13(16)10-9-12(14(11)17)15(4,6-2)7-3/h9-10H,5-8H2,1-4H3. The minimum absolute atomic E-state index is 0.194. The highest BCUT2D eigenvalue weighted by Gasteiger charge is 2.27. The maximum atomic E-state index is 14.3. The van der Waals surface area contributed by atoms with Gasteiger partial charge in [0.2, 0.25) is 0 Å². The third kappa shape index (κ3) is 2.67. The summed E-state index contributed by atoms with van der Waals surface area (Å²) < 4.78 is 27.9. The van der Waals surface area contributed by atoms with Crippen LogP contribution in [0.2, 0.25) is 0 Å². The molecule has 17 heavy (non-hydrogen) atoms. The molecule has 0 bridgehead atoms. The molecule has 0 saturated carbocycles. The van der Waals surface area contributed by atoms with Crippen LogP contribution in [0.3, 0.4) is 0 Å². The van der Waals surface area contributed by atoms with E-state index in [-0.39, 0.29) is 16.8 Å². The van der Waals surface area contributed by atoms with E-state index < -0.39 is 5.82 Å². The second-order valence-corrected chi connectivity index (χ2v) is 4.91. The highest BCUT2D eigenvalue weighted by atomic mass is 19.1. The van der Waals surface area contributed by atoms with E-state index >= 15 is 0 Å². The third-order valence-electron chi connectivity index (χ3n) is 3.90. The van der Waals surface area contributed by atoms with Gasteiger partial charge in [0.1, 0.15) is 11.6 Å². The van der Waals surface area contributed by atoms with Crippen LogP contribution in [0.5, 0.6) is 0 Å². The molecule has 0 radical (unpaired) electrons. The van der Waals surface area contributed by atoms with Crippen molar-refractivity contribution >= 4 is 0 Å². The molecule has 0 aliphatic heterocycles. The normalized spacial score (nSPS) is 11.9. The second kappa shape index (κ2) is 5.61. The van der Waals surface area contributed by atoms with Crippen LogP contribution in [0.15, 0.2) is 12.1 Å². The summed E-state index contributed by atoms with van der Waals surface area (Å²) >= 11 is 0. The highest BCUT2D eigenvalue weighted by molar-refractivity contribution is 5.33. The first-order valence-corrected chi connectivity index (χ1v) is 6.47. The number of rotatable bonds is 5. The first-order valence-electron chi connectivity index (χ1n) is 6.47. The Morgan fingerprint density at radius 1 is 1.06 bits per heavy atom. The van der Waals surface area contributed by atoms with Crippen molar-refractivity contribution in [3.8, 4) is 0 Å². The Labute approximate surface area is 103 Å². The summed E-state index contributed by atoms with van der Waals surface area (Å²) in [6.07, 6.45) is 2.94. The zero-order valence-corrected chi connectivity index (χ0v) is 11.2. The van der Waals surface area contributed by atoms with Crippen molar-refractivity contribution in [1.82, 2.24) is 0 Å². The summed E-state index contributed by atoms with van der Waals surface area (Å²) in [4.78, 5) is 0. The lowest BCUT2D eigenvalue weighted by Crippen LogP contribution is -2.22. The first kappa shape index (κ1) is 14.1. The zero-order valence-electron chi connectivity index (χ0n) is 11.2. The molecular formula is C15H22F2. The van der Waals surface area contributed by atoms with Crippen LogP contribution < -0.4 is 0 Å². The smallest absolute Gasteiger partial charge is 0.133 e. The minimum atomic E-state index is -0.414. The van der Waals surface area contributed by atoms with Crippen LogP contribution in [0.25, 0.3) is 0 Å². The molecule has 0 aromatic heterocycles. The molecule has 1 aromatic carbocycles. The Bertz CT molecular complexity index is 379. The highest BCUT2D eigenvalue weighted by Crippen LogP contribution is 2.34. The lowest BCUT2D eigenvalue weighted by molar-refractivity contribution is 0.408. The molecule has 0 heterocycles. The summed E-state index contributed by atoms with van der Waals surface area (Å²) in [6, 6.07) is 3.02. The lowest BCUT2D eigenvalue weighted by atomic mass is 9.77. The summed E-state index contributed by atoms with van der Waals surface area (Å²) in [5, 5.41) is 0. The van der Waals surface area contributed by atoms with Gasteiger partial charge in [-0.05, 0) is 36.3 Å². The van der Waals surface area contributed by atoms with Gasteiger partial charge in [0.15, 0.2) is 0 Å². The maximum Gasteiger partial charge on any atom is 0.133 e. The molecule has 0 unspecified atom stereocenters. The fourth-order valence-corrected chi connectivity index (χ4v) is 2.17. The second-order valence-electron chi connectivity index (χ2n) is 4.91. The van der Waals surface area contributed by atoms with E-state index in [0.29, 0.717) is 12.0 Å². The molecular weight excluding hydrogens is 218 g/mol. The van der Waals surface area contributed by atoms with Crippen LogP contribution in [-0.4, -0.2) is 0 Å². The van der Waals surface area contributed by atoms with Crippen LogP contribution >= 0.6 is 0 Å². The molecule has 0 amide bonds. The van der Waals surface area contributed by atoms with Gasteiger partial charge in [-0.3, -0.25) is 0 Å². The molecule has 2 heteroatoms.